The minimum absolute atomic E-state index is 0.249. The van der Waals surface area contributed by atoms with Crippen LogP contribution in [0.5, 0.6) is 0 Å². The van der Waals surface area contributed by atoms with Crippen LogP contribution in [0.1, 0.15) is 107 Å². The maximum Gasteiger partial charge on any atom is 0.0564 e. The lowest BCUT2D eigenvalue weighted by Crippen LogP contribution is -2.53. The molecule has 0 amide bonds. The van der Waals surface area contributed by atoms with Crippen molar-refractivity contribution in [3.8, 4) is 0 Å². The number of hydrogen-bond donors (Lipinski definition) is 1. The molecule has 0 saturated heterocycles. The molecule has 0 aromatic rings. The van der Waals surface area contributed by atoms with Gasteiger partial charge in [0.25, 0.3) is 0 Å². The smallest absolute Gasteiger partial charge is 0.0564 e. The topological polar surface area (TPSA) is 20.2 Å². The van der Waals surface area contributed by atoms with Gasteiger partial charge in [0.1, 0.15) is 0 Å². The summed E-state index contributed by atoms with van der Waals surface area (Å²) in [7, 11) is 0. The van der Waals surface area contributed by atoms with Gasteiger partial charge in [0.05, 0.1) is 2.74 Å². The van der Waals surface area contributed by atoms with Crippen molar-refractivity contribution in [2.24, 2.45) is 46.3 Å². The molecule has 1 nitrogen and oxygen atoms in total. The van der Waals surface area contributed by atoms with E-state index in [1.165, 1.54) is 45.4 Å². The Morgan fingerprint density at radius 2 is 1.80 bits per heavy atom. The highest BCUT2D eigenvalue weighted by molar-refractivity contribution is 5.09. The van der Waals surface area contributed by atoms with E-state index in [4.69, 9.17) is 9.60 Å². The van der Waals surface area contributed by atoms with E-state index in [9.17, 15) is 5.11 Å². The molecule has 4 rings (SSSR count). The highest BCUT2D eigenvalue weighted by atomic mass is 16.2. The van der Waals surface area contributed by atoms with Gasteiger partial charge in [0.15, 0.2) is 0 Å². The zero-order valence-corrected chi connectivity index (χ0v) is 16.4. The lowest BCUT2D eigenvalue weighted by atomic mass is 9.44. The Balaban J connectivity index is 1.64. The van der Waals surface area contributed by atoms with Crippen molar-refractivity contribution in [1.29, 1.82) is 0 Å². The Morgan fingerprint density at radius 1 is 1.00 bits per heavy atom. The van der Waals surface area contributed by atoms with Gasteiger partial charge in [-0.25, -0.2) is 0 Å². The quantitative estimate of drug-likeness (QED) is 0.616. The van der Waals surface area contributed by atoms with Crippen LogP contribution in [-0.2, 0) is 0 Å². The zero-order chi connectivity index (χ0) is 24.0. The van der Waals surface area contributed by atoms with Gasteiger partial charge in [0, 0.05) is 13.4 Å². The van der Waals surface area contributed by atoms with E-state index in [0.717, 1.165) is 25.2 Å². The molecule has 1 N–H and O–H groups in total. The van der Waals surface area contributed by atoms with E-state index in [1.807, 2.05) is 0 Å². The fraction of sp³-hybridized carbons (Fsp3) is 1.00. The maximum atomic E-state index is 9.81. The van der Waals surface area contributed by atoms with Crippen LogP contribution in [0, 0.1) is 46.3 Å². The first kappa shape index (κ1) is 11.7. The monoisotopic (exact) mass is 353 g/mol. The number of rotatable bonds is 4. The summed E-state index contributed by atoms with van der Waals surface area (Å²) < 4.78 is 57.6. The molecule has 4 aliphatic carbocycles. The van der Waals surface area contributed by atoms with Gasteiger partial charge in [-0.3, -0.25) is 0 Å². The predicted molar refractivity (Wildman–Crippen MR) is 105 cm³/mol. The molecule has 0 bridgehead atoms. The van der Waals surface area contributed by atoms with Crippen LogP contribution < -0.4 is 0 Å². The van der Waals surface area contributed by atoms with Gasteiger partial charge >= 0.3 is 0 Å². The third-order valence-corrected chi connectivity index (χ3v) is 9.42. The molecule has 0 aromatic heterocycles. The molecule has 4 fully saturated rings. The predicted octanol–water partition coefficient (Wildman–Crippen LogP) is 6.44. The van der Waals surface area contributed by atoms with Gasteiger partial charge in [-0.1, -0.05) is 33.6 Å². The lowest BCUT2D eigenvalue weighted by molar-refractivity contribution is -0.114. The number of hydrogen-bond acceptors (Lipinski definition) is 1. The van der Waals surface area contributed by atoms with E-state index >= 15 is 0 Å². The summed E-state index contributed by atoms with van der Waals surface area (Å²) in [5.74, 6) is 0.322. The van der Waals surface area contributed by atoms with E-state index in [-0.39, 0.29) is 11.3 Å². The first-order chi connectivity index (χ1) is 14.5. The standard InChI is InChI=1S/C24H42O/c1-17(7-6-16-25)20-11-12-21-19-10-9-18-8-4-5-14-23(18,2)22(19)13-15-24(20,21)3/h17-22,25H,4-16H2,1-3H3/t17-,18?,19+,20-,21+,22+,23+,24-/m1/s1/i6D2,7D2,16D2,17D. The minimum Gasteiger partial charge on any atom is -0.396 e. The van der Waals surface area contributed by atoms with Crippen molar-refractivity contribution in [1.82, 2.24) is 0 Å². The molecule has 1 unspecified atom stereocenters. The highest BCUT2D eigenvalue weighted by Gasteiger charge is 2.59. The molecular weight excluding hydrogens is 304 g/mol. The molecule has 0 heterocycles. The van der Waals surface area contributed by atoms with Crippen LogP contribution in [0.2, 0.25) is 0 Å². The van der Waals surface area contributed by atoms with Crippen molar-refractivity contribution in [3.63, 3.8) is 0 Å². The maximum absolute atomic E-state index is 9.81. The van der Waals surface area contributed by atoms with Crippen molar-refractivity contribution < 1.29 is 14.7 Å². The van der Waals surface area contributed by atoms with Gasteiger partial charge in [0.2, 0.25) is 0 Å². The SMILES string of the molecule is [2H]C([2H])(O)C([2H])([2H])C([2H])([2H])[C@@]([2H])(C)[C@H]1CC[C@H]2[C@@H]3CCC4CCCC[C@]4(C)[C@H]3CC[C@@]21C. The second kappa shape index (κ2) is 6.84. The van der Waals surface area contributed by atoms with Gasteiger partial charge in [-0.05, 0) is 110 Å². The second-order valence-corrected chi connectivity index (χ2v) is 10.1. The fourth-order valence-corrected chi connectivity index (χ4v) is 8.22. The van der Waals surface area contributed by atoms with Crippen LogP contribution in [0.25, 0.3) is 0 Å². The van der Waals surface area contributed by atoms with Crippen LogP contribution in [0.15, 0.2) is 0 Å². The van der Waals surface area contributed by atoms with Crippen molar-refractivity contribution in [3.05, 3.63) is 0 Å². The molecule has 144 valence electrons. The lowest BCUT2D eigenvalue weighted by Gasteiger charge is -2.61. The molecule has 1 heteroatoms. The first-order valence-corrected chi connectivity index (χ1v) is 10.7. The summed E-state index contributed by atoms with van der Waals surface area (Å²) in [6, 6.07) is 0. The summed E-state index contributed by atoms with van der Waals surface area (Å²) in [6.07, 6.45) is 5.49. The van der Waals surface area contributed by atoms with Crippen LogP contribution in [-0.4, -0.2) is 11.7 Å². The molecule has 4 saturated carbocycles. The van der Waals surface area contributed by atoms with Gasteiger partial charge in [-0.2, -0.15) is 0 Å². The summed E-state index contributed by atoms with van der Waals surface area (Å²) in [5, 5.41) is 9.81. The van der Waals surface area contributed by atoms with E-state index in [2.05, 4.69) is 13.8 Å². The summed E-state index contributed by atoms with van der Waals surface area (Å²) in [6.45, 7) is 2.81. The minimum atomic E-state index is -3.36. The molecule has 4 aliphatic rings. The second-order valence-electron chi connectivity index (χ2n) is 10.1. The third kappa shape index (κ3) is 2.82. The molecular formula is C24H42O. The fourth-order valence-electron chi connectivity index (χ4n) is 8.22. The average Bonchev–Trinajstić information content (AvgIpc) is 3.04. The first-order valence-electron chi connectivity index (χ1n) is 14.2. The van der Waals surface area contributed by atoms with Crippen molar-refractivity contribution >= 4 is 0 Å². The normalized spacial score (nSPS) is 57.8. The van der Waals surface area contributed by atoms with Crippen LogP contribution >= 0.6 is 0 Å². The van der Waals surface area contributed by atoms with E-state index in [0.29, 0.717) is 29.6 Å². The van der Waals surface area contributed by atoms with Crippen molar-refractivity contribution in [2.75, 3.05) is 6.56 Å². The Bertz CT molecular complexity index is 732. The molecule has 0 aliphatic heterocycles. The van der Waals surface area contributed by atoms with Gasteiger partial charge < -0.3 is 5.11 Å². The highest BCUT2D eigenvalue weighted by Crippen LogP contribution is 2.68. The van der Waals surface area contributed by atoms with Crippen molar-refractivity contribution in [2.45, 2.75) is 97.7 Å². The number of fused-ring (bicyclic) bond motifs is 5. The molecule has 25 heavy (non-hydrogen) atoms. The van der Waals surface area contributed by atoms with Crippen LogP contribution in [0.3, 0.4) is 0 Å². The molecule has 8 atom stereocenters. The molecule has 0 aromatic carbocycles. The van der Waals surface area contributed by atoms with E-state index < -0.39 is 25.2 Å². The summed E-state index contributed by atoms with van der Waals surface area (Å²) in [4.78, 5) is 0. The molecule has 0 spiro atoms. The largest absolute Gasteiger partial charge is 0.396 e. The zero-order valence-electron chi connectivity index (χ0n) is 23.4. The third-order valence-electron chi connectivity index (χ3n) is 9.42. The Morgan fingerprint density at radius 3 is 2.60 bits per heavy atom. The van der Waals surface area contributed by atoms with E-state index in [1.54, 1.807) is 0 Å². The number of aliphatic hydroxyl groups is 1. The summed E-state index contributed by atoms with van der Waals surface area (Å²) in [5.41, 5.74) is 0.158. The Kier molecular flexibility index (Phi) is 3.21. The average molecular weight is 354 g/mol. The molecule has 0 radical (unpaired) electrons. The Labute approximate surface area is 166 Å². The Hall–Kier alpha value is -0.0400. The van der Waals surface area contributed by atoms with Gasteiger partial charge in [-0.15, -0.1) is 0 Å². The summed E-state index contributed by atoms with van der Waals surface area (Å²) >= 11 is 0. The van der Waals surface area contributed by atoms with Crippen LogP contribution in [0.4, 0.5) is 0 Å².